The lowest BCUT2D eigenvalue weighted by Crippen LogP contribution is -2.41. The summed E-state index contributed by atoms with van der Waals surface area (Å²) < 4.78 is 23.4. The van der Waals surface area contributed by atoms with Crippen molar-refractivity contribution >= 4 is 51.5 Å². The van der Waals surface area contributed by atoms with Gasteiger partial charge in [-0.25, -0.2) is 4.39 Å². The van der Waals surface area contributed by atoms with E-state index in [9.17, 15) is 24.0 Å². The van der Waals surface area contributed by atoms with Crippen LogP contribution in [-0.4, -0.2) is 104 Å². The summed E-state index contributed by atoms with van der Waals surface area (Å²) in [5, 5.41) is 21.8. The second-order valence-corrected chi connectivity index (χ2v) is 11.6. The second-order valence-electron chi connectivity index (χ2n) is 11.6. The van der Waals surface area contributed by atoms with Gasteiger partial charge in [-0.15, -0.1) is 0 Å². The number of carboxylic acid groups (broad SMARTS) is 1. The van der Waals surface area contributed by atoms with Crippen molar-refractivity contribution in [3.63, 3.8) is 0 Å². The van der Waals surface area contributed by atoms with Crippen LogP contribution in [-0.2, 0) is 42.3 Å². The second kappa shape index (κ2) is 14.0. The maximum Gasteiger partial charge on any atom is 0.325 e. The monoisotopic (exact) mass is 649 g/mol. The third-order valence-corrected chi connectivity index (χ3v) is 8.47. The lowest BCUT2D eigenvalue weighted by Gasteiger charge is -2.31. The van der Waals surface area contributed by atoms with Gasteiger partial charge in [-0.3, -0.25) is 33.3 Å². The van der Waals surface area contributed by atoms with Crippen LogP contribution >= 0.6 is 0 Å². The molecule has 3 amide bonds. The van der Waals surface area contributed by atoms with Gasteiger partial charge in [0.05, 0.1) is 43.0 Å². The average molecular weight is 650 g/mol. The molecule has 2 N–H and O–H groups in total. The number of carbonyl (C=O) groups excluding carboxylic acids is 4. The van der Waals surface area contributed by atoms with Gasteiger partial charge < -0.3 is 25.0 Å². The molecule has 2 aromatic heterocycles. The minimum atomic E-state index is -1.03. The predicted octanol–water partition coefficient (Wildman–Crippen LogP) is 2.05. The molecule has 248 valence electrons. The molecular weight excluding hydrogens is 613 g/mol. The number of carbonyl (C=O) groups is 5. The van der Waals surface area contributed by atoms with Gasteiger partial charge in [0.25, 0.3) is 0 Å². The third-order valence-electron chi connectivity index (χ3n) is 8.47. The first-order valence-electron chi connectivity index (χ1n) is 15.1. The maximum atomic E-state index is 15.7. The number of methoxy groups -OCH3 is 1. The number of aliphatic carboxylic acids is 1. The standard InChI is InChI=1S/C32H36FN7O7/c1-37(17-26(41)34-16-30(46)47-3)28(43)18-40-24-6-4-5-21(22-14-25-20(13-23(22)33)15-35-38(25)2)31(24)32(36-40)19-9-11-39(12-10-19)27(42)7-8-29(44)45/h4-6,13-15,19H,7-12,16-18H2,1-3H3,(H,34,41)(H,44,45). The minimum Gasteiger partial charge on any atom is -0.481 e. The maximum absolute atomic E-state index is 15.7. The summed E-state index contributed by atoms with van der Waals surface area (Å²) in [6, 6.07) is 8.55. The summed E-state index contributed by atoms with van der Waals surface area (Å²) >= 11 is 0. The van der Waals surface area contributed by atoms with E-state index in [-0.39, 0.29) is 44.3 Å². The van der Waals surface area contributed by atoms with E-state index in [1.54, 1.807) is 45.7 Å². The normalized spacial score (nSPS) is 13.6. The molecule has 47 heavy (non-hydrogen) atoms. The quantitative estimate of drug-likeness (QED) is 0.231. The Balaban J connectivity index is 1.48. The summed E-state index contributed by atoms with van der Waals surface area (Å²) in [5.74, 6) is -3.40. The van der Waals surface area contributed by atoms with Crippen LogP contribution in [0.5, 0.6) is 0 Å². The number of hydrogen-bond acceptors (Lipinski definition) is 8. The predicted molar refractivity (Wildman–Crippen MR) is 167 cm³/mol. The lowest BCUT2D eigenvalue weighted by molar-refractivity contribution is -0.141. The van der Waals surface area contributed by atoms with Gasteiger partial charge in [0.1, 0.15) is 18.9 Å². The van der Waals surface area contributed by atoms with E-state index in [1.165, 1.54) is 25.1 Å². The van der Waals surface area contributed by atoms with Crippen molar-refractivity contribution in [2.75, 3.05) is 40.3 Å². The van der Waals surface area contributed by atoms with Gasteiger partial charge in [-0.05, 0) is 36.6 Å². The molecule has 0 spiro atoms. The number of halogens is 1. The largest absolute Gasteiger partial charge is 0.481 e. The Hall–Kier alpha value is -5.34. The number of piperidine rings is 1. The molecule has 14 nitrogen and oxygen atoms in total. The highest BCUT2D eigenvalue weighted by atomic mass is 19.1. The number of likely N-dealkylation sites (N-methyl/N-ethyl adjacent to an activating group) is 1. The SMILES string of the molecule is COC(=O)CNC(=O)CN(C)C(=O)Cn1nc(C2CCN(C(=O)CCC(=O)O)CC2)c2c(-c3cc4c(cnn4C)cc3F)cccc21. The number of benzene rings is 2. The number of ether oxygens (including phenoxy) is 1. The highest BCUT2D eigenvalue weighted by molar-refractivity contribution is 6.00. The van der Waals surface area contributed by atoms with Crippen LogP contribution < -0.4 is 5.32 Å². The van der Waals surface area contributed by atoms with Gasteiger partial charge in [-0.2, -0.15) is 10.2 Å². The van der Waals surface area contributed by atoms with E-state index >= 15 is 4.39 Å². The number of carboxylic acids is 1. The molecular formula is C32H36FN7O7. The first-order valence-corrected chi connectivity index (χ1v) is 15.1. The molecule has 0 unspecified atom stereocenters. The summed E-state index contributed by atoms with van der Waals surface area (Å²) in [6.07, 6.45) is 2.36. The fraction of sp³-hybridized carbons (Fsp3) is 0.406. The lowest BCUT2D eigenvalue weighted by atomic mass is 9.88. The molecule has 1 aliphatic heterocycles. The van der Waals surface area contributed by atoms with Crippen LogP contribution in [0.25, 0.3) is 32.9 Å². The zero-order chi connectivity index (χ0) is 33.8. The van der Waals surface area contributed by atoms with Crippen LogP contribution in [0.4, 0.5) is 4.39 Å². The molecule has 1 fully saturated rings. The third kappa shape index (κ3) is 7.23. The smallest absolute Gasteiger partial charge is 0.325 e. The zero-order valence-corrected chi connectivity index (χ0v) is 26.4. The summed E-state index contributed by atoms with van der Waals surface area (Å²) in [5.41, 5.74) is 2.93. The van der Waals surface area contributed by atoms with E-state index in [2.05, 4.69) is 15.2 Å². The molecule has 0 saturated carbocycles. The van der Waals surface area contributed by atoms with Crippen LogP contribution in [0.3, 0.4) is 0 Å². The Bertz CT molecular complexity index is 1860. The van der Waals surface area contributed by atoms with E-state index in [0.717, 1.165) is 5.52 Å². The number of esters is 1. The number of rotatable bonds is 11. The molecule has 0 aliphatic carbocycles. The molecule has 0 bridgehead atoms. The van der Waals surface area contributed by atoms with Crippen LogP contribution in [0.15, 0.2) is 36.5 Å². The van der Waals surface area contributed by atoms with E-state index < -0.39 is 29.6 Å². The van der Waals surface area contributed by atoms with E-state index in [4.69, 9.17) is 10.2 Å². The first-order chi connectivity index (χ1) is 22.5. The van der Waals surface area contributed by atoms with Gasteiger partial charge in [-0.1, -0.05) is 12.1 Å². The molecule has 0 atom stereocenters. The van der Waals surface area contributed by atoms with E-state index in [1.807, 2.05) is 6.07 Å². The van der Waals surface area contributed by atoms with Gasteiger partial charge >= 0.3 is 11.9 Å². The number of nitrogens with one attached hydrogen (secondary N) is 1. The van der Waals surface area contributed by atoms with Crippen molar-refractivity contribution in [2.45, 2.75) is 38.1 Å². The van der Waals surface area contributed by atoms with Crippen molar-refractivity contribution in [3.05, 3.63) is 48.0 Å². The van der Waals surface area contributed by atoms with Crippen molar-refractivity contribution in [1.82, 2.24) is 34.7 Å². The van der Waals surface area contributed by atoms with Crippen molar-refractivity contribution in [2.24, 2.45) is 7.05 Å². The minimum absolute atomic E-state index is 0.0756. The number of likely N-dealkylation sites (tertiary alicyclic amines) is 1. The van der Waals surface area contributed by atoms with E-state index in [0.29, 0.717) is 59.0 Å². The number of aryl methyl sites for hydroxylation is 1. The van der Waals surface area contributed by atoms with Crippen LogP contribution in [0.2, 0.25) is 0 Å². The molecule has 5 rings (SSSR count). The summed E-state index contributed by atoms with van der Waals surface area (Å²) in [6.45, 7) is -0.0268. The average Bonchev–Trinajstić information content (AvgIpc) is 3.61. The van der Waals surface area contributed by atoms with Gasteiger partial charge in [0, 0.05) is 55.9 Å². The topological polar surface area (TPSA) is 169 Å². The number of fused-ring (bicyclic) bond motifs is 2. The molecule has 4 aromatic rings. The zero-order valence-electron chi connectivity index (χ0n) is 26.4. The Morgan fingerprint density at radius 3 is 2.53 bits per heavy atom. The Labute approximate surface area is 269 Å². The number of amides is 3. The summed E-state index contributed by atoms with van der Waals surface area (Å²) in [4.78, 5) is 63.4. The van der Waals surface area contributed by atoms with Crippen molar-refractivity contribution in [3.8, 4) is 11.1 Å². The molecule has 1 saturated heterocycles. The number of hydrogen-bond donors (Lipinski definition) is 2. The fourth-order valence-electron chi connectivity index (χ4n) is 5.89. The van der Waals surface area contributed by atoms with Gasteiger partial charge in [0.15, 0.2) is 0 Å². The Morgan fingerprint density at radius 2 is 1.83 bits per heavy atom. The molecule has 2 aromatic carbocycles. The molecule has 1 aliphatic rings. The van der Waals surface area contributed by atoms with Crippen molar-refractivity contribution < 1.29 is 38.2 Å². The number of aromatic nitrogens is 4. The summed E-state index contributed by atoms with van der Waals surface area (Å²) in [7, 11) is 4.44. The Kier molecular flexibility index (Phi) is 9.82. The van der Waals surface area contributed by atoms with Crippen LogP contribution in [0, 0.1) is 5.82 Å². The van der Waals surface area contributed by atoms with Gasteiger partial charge in [0.2, 0.25) is 17.7 Å². The van der Waals surface area contributed by atoms with Crippen molar-refractivity contribution in [1.29, 1.82) is 0 Å². The number of nitrogens with zero attached hydrogens (tertiary/aromatic N) is 6. The molecule has 3 heterocycles. The Morgan fingerprint density at radius 1 is 1.09 bits per heavy atom. The highest BCUT2D eigenvalue weighted by Gasteiger charge is 2.30. The molecule has 15 heteroatoms. The molecule has 0 radical (unpaired) electrons. The fourth-order valence-corrected chi connectivity index (χ4v) is 5.89. The highest BCUT2D eigenvalue weighted by Crippen LogP contribution is 2.40. The van der Waals surface area contributed by atoms with Crippen LogP contribution in [0.1, 0.15) is 37.3 Å². The first kappa shape index (κ1) is 33.0.